The van der Waals surface area contributed by atoms with Crippen LogP contribution in [0.5, 0.6) is 0 Å². The average Bonchev–Trinajstić information content (AvgIpc) is 3.45. The fraction of sp³-hybridized carbons (Fsp3) is 0.375. The number of rotatable bonds is 2. The highest BCUT2D eigenvalue weighted by Gasteiger charge is 2.70. The normalized spacial score (nSPS) is 33.6. The predicted molar refractivity (Wildman–Crippen MR) is 113 cm³/mol. The Balaban J connectivity index is 1.40. The standard InChI is InChI=1S/C24H21ClN2O3/c1-11-6-5-7-12(2)21(11)27-23(28)17-14-10-15(18(17)24(27)29)22-19(14)20(26-30-22)13-8-3-4-9-16(13)25/h3-9,14-15,17-19,22H,10H2,1-2H3/t14-,15+,17-,18-,19-,22+/m0/s1. The molecule has 30 heavy (non-hydrogen) atoms. The van der Waals surface area contributed by atoms with E-state index in [0.717, 1.165) is 34.5 Å². The van der Waals surface area contributed by atoms with Crippen LogP contribution in [0.2, 0.25) is 5.02 Å². The van der Waals surface area contributed by atoms with Crippen LogP contribution in [0.4, 0.5) is 5.69 Å². The first kappa shape index (κ1) is 18.1. The summed E-state index contributed by atoms with van der Waals surface area (Å²) >= 11 is 6.43. The number of benzene rings is 2. The SMILES string of the molecule is Cc1cccc(C)c1N1C(=O)[C@H]2[C@@H]3C[C@@H]([C@H]4ON=C(c5ccccc5Cl)[C@H]34)[C@@H]2C1=O. The zero-order valence-electron chi connectivity index (χ0n) is 16.7. The Labute approximate surface area is 179 Å². The van der Waals surface area contributed by atoms with Gasteiger partial charge in [-0.3, -0.25) is 9.59 Å². The zero-order chi connectivity index (χ0) is 20.7. The van der Waals surface area contributed by atoms with Crippen LogP contribution in [-0.2, 0) is 14.4 Å². The van der Waals surface area contributed by atoms with Gasteiger partial charge in [0.25, 0.3) is 0 Å². The largest absolute Gasteiger partial charge is 0.391 e. The van der Waals surface area contributed by atoms with Crippen LogP contribution >= 0.6 is 11.6 Å². The van der Waals surface area contributed by atoms with E-state index in [4.69, 9.17) is 16.4 Å². The van der Waals surface area contributed by atoms with Gasteiger partial charge in [-0.05, 0) is 43.4 Å². The molecule has 2 aliphatic heterocycles. The number of amides is 2. The molecule has 2 saturated carbocycles. The molecule has 2 bridgehead atoms. The third-order valence-electron chi connectivity index (χ3n) is 7.50. The minimum Gasteiger partial charge on any atom is -0.391 e. The highest BCUT2D eigenvalue weighted by molar-refractivity contribution is 6.34. The molecule has 3 fully saturated rings. The van der Waals surface area contributed by atoms with E-state index in [2.05, 4.69) is 5.16 Å². The summed E-state index contributed by atoms with van der Waals surface area (Å²) in [5.41, 5.74) is 4.31. The molecule has 1 saturated heterocycles. The van der Waals surface area contributed by atoms with Crippen LogP contribution in [0.1, 0.15) is 23.1 Å². The quantitative estimate of drug-likeness (QED) is 0.686. The van der Waals surface area contributed by atoms with Crippen molar-refractivity contribution in [1.29, 1.82) is 0 Å². The van der Waals surface area contributed by atoms with Crippen molar-refractivity contribution in [2.45, 2.75) is 26.4 Å². The van der Waals surface area contributed by atoms with Gasteiger partial charge in [0.1, 0.15) is 6.10 Å². The molecule has 2 aromatic rings. The van der Waals surface area contributed by atoms with Gasteiger partial charge in [-0.1, -0.05) is 53.2 Å². The Morgan fingerprint density at radius 1 is 0.933 bits per heavy atom. The Morgan fingerprint density at radius 3 is 2.30 bits per heavy atom. The van der Waals surface area contributed by atoms with Gasteiger partial charge in [-0.25, -0.2) is 4.90 Å². The summed E-state index contributed by atoms with van der Waals surface area (Å²) in [7, 11) is 0. The number of imide groups is 1. The van der Waals surface area contributed by atoms with Crippen LogP contribution in [-0.4, -0.2) is 23.6 Å². The Bertz CT molecular complexity index is 1120. The molecule has 6 atom stereocenters. The van der Waals surface area contributed by atoms with E-state index in [0.29, 0.717) is 5.02 Å². The number of fused-ring (bicyclic) bond motifs is 8. The molecule has 0 spiro atoms. The van der Waals surface area contributed by atoms with Crippen molar-refractivity contribution in [3.8, 4) is 0 Å². The first-order valence-electron chi connectivity index (χ1n) is 10.4. The molecule has 2 aliphatic carbocycles. The van der Waals surface area contributed by atoms with Crippen molar-refractivity contribution in [1.82, 2.24) is 0 Å². The molecule has 6 rings (SSSR count). The van der Waals surface area contributed by atoms with E-state index in [9.17, 15) is 9.59 Å². The van der Waals surface area contributed by atoms with E-state index in [1.165, 1.54) is 4.90 Å². The van der Waals surface area contributed by atoms with Crippen LogP contribution in [0.25, 0.3) is 0 Å². The number of halogens is 1. The third-order valence-corrected chi connectivity index (χ3v) is 7.83. The maximum atomic E-state index is 13.6. The monoisotopic (exact) mass is 420 g/mol. The van der Waals surface area contributed by atoms with Gasteiger partial charge in [0.15, 0.2) is 0 Å². The van der Waals surface area contributed by atoms with Crippen LogP contribution in [0, 0.1) is 43.4 Å². The number of hydrogen-bond acceptors (Lipinski definition) is 4. The van der Waals surface area contributed by atoms with Crippen molar-refractivity contribution in [3.63, 3.8) is 0 Å². The summed E-state index contributed by atoms with van der Waals surface area (Å²) in [5, 5.41) is 5.00. The summed E-state index contributed by atoms with van der Waals surface area (Å²) in [6, 6.07) is 13.5. The first-order chi connectivity index (χ1) is 14.5. The number of nitrogens with zero attached hydrogens (tertiary/aromatic N) is 2. The second-order valence-corrected chi connectivity index (χ2v) is 9.33. The summed E-state index contributed by atoms with van der Waals surface area (Å²) in [5.74, 6) is -0.707. The minimum absolute atomic E-state index is 0.00539. The van der Waals surface area contributed by atoms with Gasteiger partial charge in [0.2, 0.25) is 11.8 Å². The molecule has 0 N–H and O–H groups in total. The molecular formula is C24H21ClN2O3. The molecule has 5 nitrogen and oxygen atoms in total. The Morgan fingerprint density at radius 2 is 1.60 bits per heavy atom. The molecule has 0 unspecified atom stereocenters. The lowest BCUT2D eigenvalue weighted by molar-refractivity contribution is -0.125. The Hall–Kier alpha value is -2.66. The Kier molecular flexibility index (Phi) is 3.73. The van der Waals surface area contributed by atoms with Gasteiger partial charge >= 0.3 is 0 Å². The molecule has 2 aromatic carbocycles. The van der Waals surface area contributed by atoms with Gasteiger partial charge in [0.05, 0.1) is 23.2 Å². The maximum Gasteiger partial charge on any atom is 0.238 e. The zero-order valence-corrected chi connectivity index (χ0v) is 17.5. The summed E-state index contributed by atoms with van der Waals surface area (Å²) in [6.45, 7) is 3.90. The van der Waals surface area contributed by atoms with Crippen LogP contribution in [0.15, 0.2) is 47.6 Å². The van der Waals surface area contributed by atoms with Crippen molar-refractivity contribution in [2.24, 2.45) is 34.7 Å². The minimum atomic E-state index is -0.316. The summed E-state index contributed by atoms with van der Waals surface area (Å²) in [6.07, 6.45) is 0.670. The fourth-order valence-electron chi connectivity index (χ4n) is 6.40. The summed E-state index contributed by atoms with van der Waals surface area (Å²) in [4.78, 5) is 34.4. The van der Waals surface area contributed by atoms with E-state index < -0.39 is 0 Å². The number of carbonyl (C=O) groups is 2. The summed E-state index contributed by atoms with van der Waals surface area (Å²) < 4.78 is 0. The van der Waals surface area contributed by atoms with Crippen molar-refractivity contribution in [3.05, 3.63) is 64.2 Å². The second kappa shape index (κ2) is 6.17. The third kappa shape index (κ3) is 2.16. The smallest absolute Gasteiger partial charge is 0.238 e. The van der Waals surface area contributed by atoms with Crippen LogP contribution < -0.4 is 4.90 Å². The topological polar surface area (TPSA) is 59.0 Å². The predicted octanol–water partition coefficient (Wildman–Crippen LogP) is 4.13. The highest BCUT2D eigenvalue weighted by atomic mass is 35.5. The van der Waals surface area contributed by atoms with E-state index in [1.807, 2.05) is 56.3 Å². The van der Waals surface area contributed by atoms with Gasteiger partial charge in [-0.15, -0.1) is 0 Å². The fourth-order valence-corrected chi connectivity index (χ4v) is 6.63. The van der Waals surface area contributed by atoms with E-state index in [1.54, 1.807) is 0 Å². The number of para-hydroxylation sites is 1. The number of carbonyl (C=O) groups excluding carboxylic acids is 2. The van der Waals surface area contributed by atoms with E-state index in [-0.39, 0.29) is 47.5 Å². The molecule has 0 radical (unpaired) electrons. The second-order valence-electron chi connectivity index (χ2n) is 8.92. The molecule has 6 heteroatoms. The maximum absolute atomic E-state index is 13.6. The highest BCUT2D eigenvalue weighted by Crippen LogP contribution is 2.62. The number of hydrogen-bond donors (Lipinski definition) is 0. The lowest BCUT2D eigenvalue weighted by atomic mass is 9.71. The first-order valence-corrected chi connectivity index (χ1v) is 10.8. The van der Waals surface area contributed by atoms with E-state index >= 15 is 0 Å². The molecule has 2 amide bonds. The molecule has 4 aliphatic rings. The lowest BCUT2D eigenvalue weighted by Gasteiger charge is -2.30. The van der Waals surface area contributed by atoms with Crippen molar-refractivity contribution < 1.29 is 14.4 Å². The number of oxime groups is 1. The number of anilines is 1. The van der Waals surface area contributed by atoms with Gasteiger partial charge in [0, 0.05) is 22.4 Å². The van der Waals surface area contributed by atoms with Crippen molar-refractivity contribution >= 4 is 34.8 Å². The molecular weight excluding hydrogens is 400 g/mol. The van der Waals surface area contributed by atoms with Crippen molar-refractivity contribution in [2.75, 3.05) is 4.90 Å². The molecule has 152 valence electrons. The molecule has 2 heterocycles. The van der Waals surface area contributed by atoms with Crippen LogP contribution in [0.3, 0.4) is 0 Å². The molecule has 0 aromatic heterocycles. The number of aryl methyl sites for hydroxylation is 2. The lowest BCUT2D eigenvalue weighted by Crippen LogP contribution is -2.41. The van der Waals surface area contributed by atoms with Gasteiger partial charge in [-0.2, -0.15) is 0 Å². The van der Waals surface area contributed by atoms with Gasteiger partial charge < -0.3 is 4.84 Å². The average molecular weight is 421 g/mol.